The van der Waals surface area contributed by atoms with E-state index < -0.39 is 9.84 Å². The third-order valence-electron chi connectivity index (χ3n) is 2.95. The minimum Gasteiger partial charge on any atom is -0.313 e. The molecule has 0 saturated heterocycles. The Bertz CT molecular complexity index is 273. The van der Waals surface area contributed by atoms with Gasteiger partial charge in [0.1, 0.15) is 0 Å². The van der Waals surface area contributed by atoms with Crippen molar-refractivity contribution < 1.29 is 8.42 Å². The fraction of sp³-hybridized carbons (Fsp3) is 1.00. The lowest BCUT2D eigenvalue weighted by atomic mass is 10.0. The number of sulfone groups is 1. The molecule has 1 N–H and O–H groups in total. The molecule has 0 amide bonds. The van der Waals surface area contributed by atoms with Crippen molar-refractivity contribution in [1.82, 2.24) is 5.32 Å². The van der Waals surface area contributed by atoms with Gasteiger partial charge in [0.2, 0.25) is 0 Å². The highest BCUT2D eigenvalue weighted by molar-refractivity contribution is 7.91. The topological polar surface area (TPSA) is 46.2 Å². The highest BCUT2D eigenvalue weighted by Crippen LogP contribution is 2.14. The van der Waals surface area contributed by atoms with Gasteiger partial charge < -0.3 is 5.32 Å². The summed E-state index contributed by atoms with van der Waals surface area (Å²) in [6.07, 6.45) is 4.37. The summed E-state index contributed by atoms with van der Waals surface area (Å²) in [5.74, 6) is 0.623. The third-order valence-corrected chi connectivity index (χ3v) is 4.63. The van der Waals surface area contributed by atoms with Crippen molar-refractivity contribution in [3.8, 4) is 0 Å². The monoisotopic (exact) mass is 249 g/mol. The van der Waals surface area contributed by atoms with Gasteiger partial charge >= 0.3 is 0 Å². The Kier molecular flexibility index (Phi) is 7.24. The summed E-state index contributed by atoms with van der Waals surface area (Å²) in [6.45, 7) is 9.13. The van der Waals surface area contributed by atoms with Gasteiger partial charge in [-0.05, 0) is 38.6 Å². The summed E-state index contributed by atoms with van der Waals surface area (Å²) >= 11 is 0. The second kappa shape index (κ2) is 7.28. The molecular formula is C12H27NO2S. The second-order valence-corrected chi connectivity index (χ2v) is 7.47. The standard InChI is InChI=1S/C12H27NO2S/c1-6-9-13-12(8-7-10(2)3)11(4)16(5,14)15/h10-13H,6-9H2,1-5H3. The zero-order valence-electron chi connectivity index (χ0n) is 11.3. The van der Waals surface area contributed by atoms with Crippen LogP contribution in [-0.4, -0.2) is 32.5 Å². The number of hydrogen-bond donors (Lipinski definition) is 1. The van der Waals surface area contributed by atoms with Gasteiger partial charge in [0.05, 0.1) is 5.25 Å². The fourth-order valence-corrected chi connectivity index (χ4v) is 2.47. The number of hydrogen-bond acceptors (Lipinski definition) is 3. The van der Waals surface area contributed by atoms with Crippen LogP contribution >= 0.6 is 0 Å². The van der Waals surface area contributed by atoms with Crippen LogP contribution in [0.4, 0.5) is 0 Å². The first kappa shape index (κ1) is 15.9. The van der Waals surface area contributed by atoms with Crippen LogP contribution in [0, 0.1) is 5.92 Å². The van der Waals surface area contributed by atoms with Crippen LogP contribution in [0.2, 0.25) is 0 Å². The first-order valence-electron chi connectivity index (χ1n) is 6.21. The van der Waals surface area contributed by atoms with Crippen molar-refractivity contribution in [3.05, 3.63) is 0 Å². The van der Waals surface area contributed by atoms with Crippen molar-refractivity contribution >= 4 is 9.84 Å². The molecule has 0 saturated carbocycles. The molecule has 0 aromatic rings. The van der Waals surface area contributed by atoms with E-state index in [1.165, 1.54) is 6.26 Å². The lowest BCUT2D eigenvalue weighted by molar-refractivity contribution is 0.417. The van der Waals surface area contributed by atoms with Gasteiger partial charge in [-0.1, -0.05) is 20.8 Å². The Morgan fingerprint density at radius 2 is 1.69 bits per heavy atom. The maximum absolute atomic E-state index is 11.5. The van der Waals surface area contributed by atoms with Gasteiger partial charge in [-0.3, -0.25) is 0 Å². The summed E-state index contributed by atoms with van der Waals surface area (Å²) < 4.78 is 23.1. The Morgan fingerprint density at radius 3 is 2.06 bits per heavy atom. The molecule has 0 bridgehead atoms. The van der Waals surface area contributed by atoms with E-state index in [-0.39, 0.29) is 11.3 Å². The van der Waals surface area contributed by atoms with E-state index in [0.29, 0.717) is 5.92 Å². The number of rotatable bonds is 8. The van der Waals surface area contributed by atoms with Gasteiger partial charge in [-0.2, -0.15) is 0 Å². The van der Waals surface area contributed by atoms with Crippen molar-refractivity contribution in [1.29, 1.82) is 0 Å². The molecule has 0 aromatic heterocycles. The van der Waals surface area contributed by atoms with Crippen LogP contribution < -0.4 is 5.32 Å². The van der Waals surface area contributed by atoms with E-state index in [4.69, 9.17) is 0 Å². The van der Waals surface area contributed by atoms with Gasteiger partial charge in [0.25, 0.3) is 0 Å². The zero-order chi connectivity index (χ0) is 12.8. The van der Waals surface area contributed by atoms with Crippen LogP contribution in [0.15, 0.2) is 0 Å². The molecule has 2 atom stereocenters. The molecule has 0 heterocycles. The van der Waals surface area contributed by atoms with Crippen LogP contribution in [0.1, 0.15) is 47.0 Å². The van der Waals surface area contributed by atoms with Crippen LogP contribution in [0.25, 0.3) is 0 Å². The van der Waals surface area contributed by atoms with Gasteiger partial charge in [-0.15, -0.1) is 0 Å². The summed E-state index contributed by atoms with van der Waals surface area (Å²) in [4.78, 5) is 0. The predicted molar refractivity (Wildman–Crippen MR) is 70.5 cm³/mol. The van der Waals surface area contributed by atoms with E-state index in [0.717, 1.165) is 25.8 Å². The largest absolute Gasteiger partial charge is 0.313 e. The average Bonchev–Trinajstić information content (AvgIpc) is 2.15. The smallest absolute Gasteiger partial charge is 0.151 e. The molecule has 98 valence electrons. The third kappa shape index (κ3) is 6.48. The molecule has 4 heteroatoms. The van der Waals surface area contributed by atoms with E-state index in [1.807, 2.05) is 6.92 Å². The molecule has 0 radical (unpaired) electrons. The zero-order valence-corrected chi connectivity index (χ0v) is 12.1. The van der Waals surface area contributed by atoms with E-state index in [9.17, 15) is 8.42 Å². The van der Waals surface area contributed by atoms with E-state index >= 15 is 0 Å². The molecule has 0 rings (SSSR count). The Morgan fingerprint density at radius 1 is 1.12 bits per heavy atom. The maximum atomic E-state index is 11.5. The highest BCUT2D eigenvalue weighted by Gasteiger charge is 2.25. The van der Waals surface area contributed by atoms with Gasteiger partial charge in [0.15, 0.2) is 9.84 Å². The van der Waals surface area contributed by atoms with Crippen molar-refractivity contribution in [2.75, 3.05) is 12.8 Å². The van der Waals surface area contributed by atoms with Crippen molar-refractivity contribution in [2.24, 2.45) is 5.92 Å². The first-order valence-corrected chi connectivity index (χ1v) is 8.16. The van der Waals surface area contributed by atoms with E-state index in [1.54, 1.807) is 0 Å². The molecule has 0 aliphatic carbocycles. The summed E-state index contributed by atoms with van der Waals surface area (Å²) in [7, 11) is -2.94. The highest BCUT2D eigenvalue weighted by atomic mass is 32.2. The van der Waals surface area contributed by atoms with E-state index in [2.05, 4.69) is 26.1 Å². The predicted octanol–water partition coefficient (Wildman–Crippen LogP) is 2.22. The minimum atomic E-state index is -2.94. The SMILES string of the molecule is CCCNC(CCC(C)C)C(C)S(C)(=O)=O. The normalized spacial score (nSPS) is 16.4. The maximum Gasteiger partial charge on any atom is 0.151 e. The molecule has 0 aliphatic rings. The van der Waals surface area contributed by atoms with Crippen LogP contribution in [0.3, 0.4) is 0 Å². The Balaban J connectivity index is 4.41. The van der Waals surface area contributed by atoms with Crippen molar-refractivity contribution in [2.45, 2.75) is 58.2 Å². The average molecular weight is 249 g/mol. The molecule has 0 spiro atoms. The molecular weight excluding hydrogens is 222 g/mol. The van der Waals surface area contributed by atoms with Gasteiger partial charge in [0, 0.05) is 12.3 Å². The molecule has 2 unspecified atom stereocenters. The molecule has 0 aromatic carbocycles. The molecule has 3 nitrogen and oxygen atoms in total. The second-order valence-electron chi connectivity index (χ2n) is 5.07. The van der Waals surface area contributed by atoms with Crippen molar-refractivity contribution in [3.63, 3.8) is 0 Å². The summed E-state index contributed by atoms with van der Waals surface area (Å²) in [5, 5.41) is 3.06. The summed E-state index contributed by atoms with van der Waals surface area (Å²) in [5.41, 5.74) is 0. The lowest BCUT2D eigenvalue weighted by Crippen LogP contribution is -2.42. The Hall–Kier alpha value is -0.0900. The van der Waals surface area contributed by atoms with Crippen LogP contribution in [-0.2, 0) is 9.84 Å². The lowest BCUT2D eigenvalue weighted by Gasteiger charge is -2.24. The van der Waals surface area contributed by atoms with Gasteiger partial charge in [-0.25, -0.2) is 8.42 Å². The molecule has 0 aliphatic heterocycles. The fourth-order valence-electron chi connectivity index (χ4n) is 1.64. The summed E-state index contributed by atoms with van der Waals surface area (Å²) in [6, 6.07) is 0.0948. The number of nitrogens with one attached hydrogen (secondary N) is 1. The minimum absolute atomic E-state index is 0.0948. The Labute approximate surface area is 101 Å². The quantitative estimate of drug-likeness (QED) is 0.717. The van der Waals surface area contributed by atoms with Crippen LogP contribution in [0.5, 0.6) is 0 Å². The first-order chi connectivity index (χ1) is 7.29. The molecule has 16 heavy (non-hydrogen) atoms. The molecule has 0 fully saturated rings.